The number of benzene rings is 2. The van der Waals surface area contributed by atoms with Gasteiger partial charge < -0.3 is 15.3 Å². The number of nitrogens with one attached hydrogen (secondary N) is 1. The lowest BCUT2D eigenvalue weighted by atomic mass is 10.0. The number of carboxylic acid groups (broad SMARTS) is 1. The molecule has 1 heterocycles. The van der Waals surface area contributed by atoms with Gasteiger partial charge in [0.25, 0.3) is 5.91 Å². The molecule has 0 atom stereocenters. The van der Waals surface area contributed by atoms with Crippen LogP contribution in [0.15, 0.2) is 42.5 Å². The molecule has 0 aliphatic rings. The van der Waals surface area contributed by atoms with Crippen LogP contribution in [0.2, 0.25) is 5.02 Å². The Balaban J connectivity index is 0.000000638. The van der Waals surface area contributed by atoms with Crippen LogP contribution in [-0.2, 0) is 11.2 Å². The van der Waals surface area contributed by atoms with E-state index in [1.54, 1.807) is 12.1 Å². The first-order valence-electron chi connectivity index (χ1n) is 11.3. The summed E-state index contributed by atoms with van der Waals surface area (Å²) in [5.41, 5.74) is 5.96. The molecule has 0 fully saturated rings. The maximum Gasteiger partial charge on any atom is 0.490 e. The van der Waals surface area contributed by atoms with Crippen molar-refractivity contribution in [3.63, 3.8) is 0 Å². The molecule has 0 aliphatic heterocycles. The third kappa shape index (κ3) is 8.33. The second-order valence-corrected chi connectivity index (χ2v) is 8.98. The Bertz CT molecular complexity index is 1350. The van der Waals surface area contributed by atoms with Crippen LogP contribution in [0.3, 0.4) is 0 Å². The van der Waals surface area contributed by atoms with E-state index in [1.165, 1.54) is 0 Å². The van der Waals surface area contributed by atoms with Crippen LogP contribution in [0, 0.1) is 25.2 Å². The summed E-state index contributed by atoms with van der Waals surface area (Å²) in [6.07, 6.45) is -4.42. The third-order valence-electron chi connectivity index (χ3n) is 5.42. The molecule has 0 aliphatic carbocycles. The van der Waals surface area contributed by atoms with Crippen molar-refractivity contribution in [2.75, 3.05) is 27.2 Å². The number of carboxylic acids is 1. The first kappa shape index (κ1) is 30.3. The number of halogens is 4. The number of aliphatic carboxylic acids is 1. The Kier molecular flexibility index (Phi) is 10.4. The molecule has 1 aromatic heterocycles. The van der Waals surface area contributed by atoms with Crippen LogP contribution in [0.4, 0.5) is 13.2 Å². The van der Waals surface area contributed by atoms with Crippen molar-refractivity contribution in [1.82, 2.24) is 20.0 Å². The van der Waals surface area contributed by atoms with Crippen molar-refractivity contribution in [1.29, 1.82) is 5.26 Å². The Morgan fingerprint density at radius 1 is 1.18 bits per heavy atom. The van der Waals surface area contributed by atoms with E-state index in [4.69, 9.17) is 26.8 Å². The number of carbonyl (C=O) groups is 2. The van der Waals surface area contributed by atoms with Gasteiger partial charge in [0.1, 0.15) is 6.07 Å². The second-order valence-electron chi connectivity index (χ2n) is 8.58. The predicted octanol–water partition coefficient (Wildman–Crippen LogP) is 4.53. The molecule has 3 aromatic rings. The molecular formula is C26H27ClF3N5O3. The van der Waals surface area contributed by atoms with Crippen molar-refractivity contribution >= 4 is 23.5 Å². The zero-order valence-electron chi connectivity index (χ0n) is 21.2. The van der Waals surface area contributed by atoms with Crippen LogP contribution in [-0.4, -0.2) is 65.0 Å². The Hall–Kier alpha value is -3.88. The highest BCUT2D eigenvalue weighted by atomic mass is 35.5. The van der Waals surface area contributed by atoms with Crippen LogP contribution in [0.1, 0.15) is 38.4 Å². The first-order valence-corrected chi connectivity index (χ1v) is 11.7. The summed E-state index contributed by atoms with van der Waals surface area (Å²) in [5, 5.41) is 24.3. The van der Waals surface area contributed by atoms with E-state index in [0.29, 0.717) is 29.1 Å². The highest BCUT2D eigenvalue weighted by molar-refractivity contribution is 6.31. The van der Waals surface area contributed by atoms with Crippen molar-refractivity contribution in [2.45, 2.75) is 26.4 Å². The fourth-order valence-electron chi connectivity index (χ4n) is 3.43. The molecule has 202 valence electrons. The number of nitrogens with zero attached hydrogens (tertiary/aromatic N) is 4. The molecule has 12 heteroatoms. The summed E-state index contributed by atoms with van der Waals surface area (Å²) >= 11 is 6.20. The van der Waals surface area contributed by atoms with Gasteiger partial charge in [0.2, 0.25) is 0 Å². The van der Waals surface area contributed by atoms with E-state index in [9.17, 15) is 18.0 Å². The summed E-state index contributed by atoms with van der Waals surface area (Å²) in [7, 11) is 3.95. The van der Waals surface area contributed by atoms with E-state index in [1.807, 2.05) is 67.9 Å². The summed E-state index contributed by atoms with van der Waals surface area (Å²) in [5.74, 6) is -2.83. The molecule has 0 saturated carbocycles. The number of carbonyl (C=O) groups excluding carboxylic acids is 1. The van der Waals surface area contributed by atoms with E-state index in [0.717, 1.165) is 34.7 Å². The number of nitriles is 1. The van der Waals surface area contributed by atoms with Gasteiger partial charge in [-0.1, -0.05) is 23.7 Å². The SMILES string of the molecule is Cc1nn(-c2ccc(C#N)c(Cl)c2)c(C)c1Cc1cccc(C(=O)NCCN(C)C)c1.O=C(O)C(F)(F)F. The summed E-state index contributed by atoms with van der Waals surface area (Å²) in [6.45, 7) is 5.39. The van der Waals surface area contributed by atoms with Gasteiger partial charge in [-0.2, -0.15) is 23.5 Å². The standard InChI is InChI=1S/C24H26ClN5O.C2HF3O2/c1-16-22(17(2)30(28-16)21-9-8-20(15-26)23(25)14-21)13-18-6-5-7-19(12-18)24(31)27-10-11-29(3)4;3-2(4,5)1(6)7/h5-9,12,14H,10-11,13H2,1-4H3,(H,27,31);(H,6,7). The third-order valence-corrected chi connectivity index (χ3v) is 5.73. The van der Waals surface area contributed by atoms with Crippen LogP contribution >= 0.6 is 11.6 Å². The molecule has 2 aromatic carbocycles. The number of alkyl halides is 3. The highest BCUT2D eigenvalue weighted by Crippen LogP contribution is 2.24. The topological polar surface area (TPSA) is 111 Å². The lowest BCUT2D eigenvalue weighted by molar-refractivity contribution is -0.192. The zero-order chi connectivity index (χ0) is 28.6. The van der Waals surface area contributed by atoms with Crippen molar-refractivity contribution < 1.29 is 27.9 Å². The number of likely N-dealkylation sites (N-methyl/N-ethyl adjacent to an activating group) is 1. The molecule has 1 amide bonds. The van der Waals surface area contributed by atoms with E-state index >= 15 is 0 Å². The van der Waals surface area contributed by atoms with Gasteiger partial charge in [-0.05, 0) is 63.8 Å². The van der Waals surface area contributed by atoms with Gasteiger partial charge in [0.05, 0.1) is 22.0 Å². The monoisotopic (exact) mass is 549 g/mol. The minimum Gasteiger partial charge on any atom is -0.475 e. The van der Waals surface area contributed by atoms with Gasteiger partial charge >= 0.3 is 12.1 Å². The molecule has 0 radical (unpaired) electrons. The Labute approximate surface area is 223 Å². The van der Waals surface area contributed by atoms with Crippen molar-refractivity contribution in [3.05, 3.63) is 81.1 Å². The van der Waals surface area contributed by atoms with E-state index in [2.05, 4.69) is 16.5 Å². The number of aromatic nitrogens is 2. The molecule has 0 spiro atoms. The molecular weight excluding hydrogens is 523 g/mol. The lowest BCUT2D eigenvalue weighted by Crippen LogP contribution is -2.31. The number of hydrogen-bond acceptors (Lipinski definition) is 5. The predicted molar refractivity (Wildman–Crippen MR) is 137 cm³/mol. The highest BCUT2D eigenvalue weighted by Gasteiger charge is 2.38. The number of amides is 1. The van der Waals surface area contributed by atoms with Gasteiger partial charge in [0, 0.05) is 36.3 Å². The van der Waals surface area contributed by atoms with Crippen LogP contribution < -0.4 is 5.32 Å². The average Bonchev–Trinajstić information content (AvgIpc) is 3.12. The van der Waals surface area contributed by atoms with Crippen LogP contribution in [0.5, 0.6) is 0 Å². The average molecular weight is 550 g/mol. The summed E-state index contributed by atoms with van der Waals surface area (Å²) < 4.78 is 33.6. The summed E-state index contributed by atoms with van der Waals surface area (Å²) in [4.78, 5) is 23.4. The molecule has 0 bridgehead atoms. The largest absolute Gasteiger partial charge is 0.490 e. The molecule has 2 N–H and O–H groups in total. The van der Waals surface area contributed by atoms with Crippen LogP contribution in [0.25, 0.3) is 5.69 Å². The second kappa shape index (κ2) is 13.1. The fourth-order valence-corrected chi connectivity index (χ4v) is 3.65. The number of rotatable bonds is 7. The maximum absolute atomic E-state index is 12.5. The summed E-state index contributed by atoms with van der Waals surface area (Å²) in [6, 6.07) is 15.1. The minimum atomic E-state index is -5.08. The molecule has 38 heavy (non-hydrogen) atoms. The van der Waals surface area contributed by atoms with Crippen molar-refractivity contribution in [3.8, 4) is 11.8 Å². The van der Waals surface area contributed by atoms with Crippen molar-refractivity contribution in [2.24, 2.45) is 0 Å². The molecule has 0 unspecified atom stereocenters. The minimum absolute atomic E-state index is 0.0694. The Morgan fingerprint density at radius 2 is 1.84 bits per heavy atom. The van der Waals surface area contributed by atoms with Gasteiger partial charge in [0.15, 0.2) is 0 Å². The molecule has 0 saturated heterocycles. The van der Waals surface area contributed by atoms with Gasteiger partial charge in [-0.25, -0.2) is 9.48 Å². The fraction of sp³-hybridized carbons (Fsp3) is 0.308. The smallest absolute Gasteiger partial charge is 0.475 e. The quantitative estimate of drug-likeness (QED) is 0.448. The normalized spacial score (nSPS) is 10.9. The Morgan fingerprint density at radius 3 is 2.39 bits per heavy atom. The lowest BCUT2D eigenvalue weighted by Gasteiger charge is -2.11. The van der Waals surface area contributed by atoms with E-state index in [-0.39, 0.29) is 5.91 Å². The first-order chi connectivity index (χ1) is 17.7. The zero-order valence-corrected chi connectivity index (χ0v) is 22.0. The van der Waals surface area contributed by atoms with Gasteiger partial charge in [-0.15, -0.1) is 0 Å². The van der Waals surface area contributed by atoms with Gasteiger partial charge in [-0.3, -0.25) is 4.79 Å². The molecule has 3 rings (SSSR count). The maximum atomic E-state index is 12.5. The number of aryl methyl sites for hydroxylation is 1. The number of hydrogen-bond donors (Lipinski definition) is 2. The van der Waals surface area contributed by atoms with E-state index < -0.39 is 12.1 Å². The molecule has 8 nitrogen and oxygen atoms in total.